The molecule has 4 heterocycles. The van der Waals surface area contributed by atoms with Crippen molar-refractivity contribution < 1.29 is 67.3 Å². The molecule has 0 amide bonds. The molecule has 0 aliphatic carbocycles. The predicted molar refractivity (Wildman–Crippen MR) is 122 cm³/mol. The Morgan fingerprint density at radius 1 is 0.816 bits per heavy atom. The lowest BCUT2D eigenvalue weighted by molar-refractivity contribution is -0.973. The van der Waals surface area contributed by atoms with Crippen molar-refractivity contribution in [1.29, 1.82) is 0 Å². The van der Waals surface area contributed by atoms with Gasteiger partial charge in [0, 0.05) is 6.61 Å². The molecule has 0 aromatic heterocycles. The zero-order valence-electron chi connectivity index (χ0n) is 20.9. The molecule has 14 heteroatoms. The number of carbonyl (C=O) groups is 2. The highest BCUT2D eigenvalue weighted by Gasteiger charge is 2.49. The first-order valence-electron chi connectivity index (χ1n) is 11.5. The van der Waals surface area contributed by atoms with Gasteiger partial charge in [0.25, 0.3) is 0 Å². The molecule has 212 valence electrons. The van der Waals surface area contributed by atoms with Crippen LogP contribution in [0.1, 0.15) is 27.6 Å². The highest BCUT2D eigenvalue weighted by molar-refractivity contribution is 5.97. The standard InChI is InChI=1S/C14H17F2N4O.C8H7F2NO.C2H6O.2ClH/c15-11-1-2-13(16)12(3-11)14(21)4-20-8-17-5-18(9-20)7-19(6-17)10-20;9-5-1-2-7(10)6(3-5)8(12)4-11;1-2-3;;/h1-3H,4-10H2;1-3H,4,11H2;3H,2H2,1H3;2*1H/q+1;;;;/p-1. The Balaban J connectivity index is 0.000000367. The lowest BCUT2D eigenvalue weighted by atomic mass is 10.1. The highest BCUT2D eigenvalue weighted by atomic mass is 35.5. The Morgan fingerprint density at radius 3 is 1.55 bits per heavy atom. The summed E-state index contributed by atoms with van der Waals surface area (Å²) in [6.45, 7) is 7.27. The van der Waals surface area contributed by atoms with Crippen molar-refractivity contribution in [2.45, 2.75) is 6.92 Å². The smallest absolute Gasteiger partial charge is 0.220 e. The van der Waals surface area contributed by atoms with Crippen LogP contribution in [0, 0.1) is 23.3 Å². The van der Waals surface area contributed by atoms with Gasteiger partial charge in [0.1, 0.15) is 56.4 Å². The molecule has 0 saturated carbocycles. The largest absolute Gasteiger partial charge is 1.00 e. The molecule has 2 aromatic carbocycles. The summed E-state index contributed by atoms with van der Waals surface area (Å²) in [5.41, 5.74) is 2.93. The van der Waals surface area contributed by atoms with Gasteiger partial charge in [0.15, 0.2) is 0 Å². The second-order valence-electron chi connectivity index (χ2n) is 9.02. The van der Waals surface area contributed by atoms with Crippen LogP contribution in [0.5, 0.6) is 0 Å². The maximum atomic E-state index is 13.8. The van der Waals surface area contributed by atoms with E-state index < -0.39 is 29.1 Å². The number of carbonyl (C=O) groups excluding carboxylic acids is 2. The van der Waals surface area contributed by atoms with Crippen LogP contribution in [0.3, 0.4) is 0 Å². The van der Waals surface area contributed by atoms with Crippen LogP contribution in [0.15, 0.2) is 36.4 Å². The number of aliphatic hydroxyl groups excluding tert-OH is 1. The first-order valence-corrected chi connectivity index (χ1v) is 11.5. The molecule has 4 aliphatic heterocycles. The zero-order chi connectivity index (χ0) is 26.5. The van der Waals surface area contributed by atoms with E-state index in [9.17, 15) is 27.2 Å². The summed E-state index contributed by atoms with van der Waals surface area (Å²) in [7, 11) is 0. The first kappa shape index (κ1) is 33.9. The van der Waals surface area contributed by atoms with Crippen LogP contribution in [0.2, 0.25) is 0 Å². The van der Waals surface area contributed by atoms with Gasteiger partial charge in [-0.15, -0.1) is 0 Å². The van der Waals surface area contributed by atoms with E-state index in [0.717, 1.165) is 76.4 Å². The Labute approximate surface area is 231 Å². The van der Waals surface area contributed by atoms with Crippen LogP contribution < -0.4 is 30.5 Å². The minimum absolute atomic E-state index is 0. The summed E-state index contributed by atoms with van der Waals surface area (Å²) < 4.78 is 52.9. The molecule has 4 fully saturated rings. The monoisotopic (exact) mass is 583 g/mol. The van der Waals surface area contributed by atoms with E-state index >= 15 is 0 Å². The number of rotatable bonds is 5. The molecule has 0 atom stereocenters. The molecular formula is C24H31Cl2F4N5O3. The van der Waals surface area contributed by atoms with Crippen LogP contribution in [-0.4, -0.2) is 95.6 Å². The second-order valence-corrected chi connectivity index (χ2v) is 9.02. The number of hydrogen-bond acceptors (Lipinski definition) is 6. The van der Waals surface area contributed by atoms with Gasteiger partial charge < -0.3 is 35.7 Å². The predicted octanol–water partition coefficient (Wildman–Crippen LogP) is -4.95. The summed E-state index contributed by atoms with van der Waals surface area (Å²) in [6, 6.07) is 5.83. The zero-order valence-corrected chi connectivity index (χ0v) is 22.4. The number of quaternary nitrogens is 2. The molecule has 4 N–H and O–H groups in total. The number of nitrogens with zero attached hydrogens (tertiary/aromatic N) is 4. The van der Waals surface area contributed by atoms with E-state index in [4.69, 9.17) is 5.11 Å². The van der Waals surface area contributed by atoms with E-state index in [1.54, 1.807) is 6.92 Å². The maximum Gasteiger partial charge on any atom is 0.220 e. The third-order valence-corrected chi connectivity index (χ3v) is 5.86. The molecule has 8 nitrogen and oxygen atoms in total. The fourth-order valence-electron chi connectivity index (χ4n) is 4.75. The van der Waals surface area contributed by atoms with Crippen LogP contribution in [0.25, 0.3) is 0 Å². The van der Waals surface area contributed by atoms with Crippen molar-refractivity contribution in [2.75, 3.05) is 59.7 Å². The van der Waals surface area contributed by atoms with E-state index in [0.29, 0.717) is 4.48 Å². The summed E-state index contributed by atoms with van der Waals surface area (Å²) in [5, 5.41) is 7.57. The van der Waals surface area contributed by atoms with Crippen molar-refractivity contribution in [3.05, 3.63) is 70.8 Å². The molecule has 0 unspecified atom stereocenters. The highest BCUT2D eigenvalue weighted by Crippen LogP contribution is 2.29. The molecule has 4 saturated heterocycles. The van der Waals surface area contributed by atoms with Crippen molar-refractivity contribution in [3.8, 4) is 0 Å². The summed E-state index contributed by atoms with van der Waals surface area (Å²) in [6.07, 6.45) is 0. The van der Waals surface area contributed by atoms with Crippen molar-refractivity contribution in [2.24, 2.45) is 0 Å². The molecule has 4 bridgehead atoms. The van der Waals surface area contributed by atoms with E-state index in [2.05, 4.69) is 20.4 Å². The van der Waals surface area contributed by atoms with E-state index in [1.807, 2.05) is 0 Å². The van der Waals surface area contributed by atoms with Gasteiger partial charge in [-0.25, -0.2) is 32.3 Å². The van der Waals surface area contributed by atoms with Gasteiger partial charge in [-0.05, 0) is 43.3 Å². The lowest BCUT2D eigenvalue weighted by Crippen LogP contribution is -3.00. The SMILES string of the molecule is CCO.O=C(C[N+]12CN3CN(CN(C3)C1)C2)c1cc(F)ccc1F.[Cl-].[Cl-].[NH3+]CC(=O)c1cc(F)ccc1F. The Morgan fingerprint density at radius 2 is 1.18 bits per heavy atom. The van der Waals surface area contributed by atoms with Gasteiger partial charge in [0.05, 0.1) is 31.1 Å². The van der Waals surface area contributed by atoms with Crippen LogP contribution >= 0.6 is 0 Å². The number of hydrogen-bond donors (Lipinski definition) is 2. The normalized spacial score (nSPS) is 24.0. The van der Waals surface area contributed by atoms with Gasteiger partial charge in [-0.3, -0.25) is 14.1 Å². The summed E-state index contributed by atoms with van der Waals surface area (Å²) in [4.78, 5) is 30.2. The molecule has 0 spiro atoms. The average molecular weight is 584 g/mol. The van der Waals surface area contributed by atoms with Crippen LogP contribution in [0.4, 0.5) is 17.6 Å². The molecule has 6 rings (SSSR count). The second kappa shape index (κ2) is 14.8. The van der Waals surface area contributed by atoms with Crippen molar-refractivity contribution in [3.63, 3.8) is 0 Å². The molecule has 2 aromatic rings. The number of ketones is 2. The Kier molecular flexibility index (Phi) is 13.2. The number of benzene rings is 2. The van der Waals surface area contributed by atoms with Crippen molar-refractivity contribution >= 4 is 11.6 Å². The maximum absolute atomic E-state index is 13.8. The van der Waals surface area contributed by atoms with Gasteiger partial charge in [-0.1, -0.05) is 0 Å². The first-order chi connectivity index (χ1) is 17.1. The summed E-state index contributed by atoms with van der Waals surface area (Å²) >= 11 is 0. The quantitative estimate of drug-likeness (QED) is 0.208. The van der Waals surface area contributed by atoms with Gasteiger partial charge in [-0.2, -0.15) is 0 Å². The molecular weight excluding hydrogens is 553 g/mol. The summed E-state index contributed by atoms with van der Waals surface area (Å²) in [5.74, 6) is -3.35. The molecule has 38 heavy (non-hydrogen) atoms. The lowest BCUT2D eigenvalue weighted by Gasteiger charge is -2.60. The van der Waals surface area contributed by atoms with E-state index in [-0.39, 0.29) is 61.4 Å². The number of aliphatic hydroxyl groups is 1. The fourth-order valence-corrected chi connectivity index (χ4v) is 4.75. The minimum Gasteiger partial charge on any atom is -1.00 e. The third-order valence-electron chi connectivity index (χ3n) is 5.86. The van der Waals surface area contributed by atoms with Crippen molar-refractivity contribution in [1.82, 2.24) is 14.7 Å². The molecule has 0 radical (unpaired) electrons. The Hall–Kier alpha value is -2.16. The number of halogens is 6. The van der Waals surface area contributed by atoms with Crippen LogP contribution in [-0.2, 0) is 0 Å². The average Bonchev–Trinajstić information content (AvgIpc) is 2.81. The van der Waals surface area contributed by atoms with Gasteiger partial charge >= 0.3 is 0 Å². The molecule has 4 aliphatic rings. The minimum atomic E-state index is -0.704. The van der Waals surface area contributed by atoms with Gasteiger partial charge in [0.2, 0.25) is 11.6 Å². The third kappa shape index (κ3) is 8.42. The van der Waals surface area contributed by atoms with E-state index in [1.165, 1.54) is 0 Å². The Bertz CT molecular complexity index is 1080. The fraction of sp³-hybridized carbons (Fsp3) is 0.417. The topological polar surface area (TPSA) is 91.7 Å². The number of Topliss-reactive ketones (excluding diaryl/α,β-unsaturated/α-hetero) is 2.